The molecular formula is C7H14O2. The minimum absolute atomic E-state index is 0.528. The monoisotopic (exact) mass is 130 g/mol. The smallest absolute Gasteiger partial charge is 0.128 e. The Bertz CT molecular complexity index is 95.1. The summed E-state index contributed by atoms with van der Waals surface area (Å²) in [5.74, 6) is 0.528. The highest BCUT2D eigenvalue weighted by molar-refractivity contribution is 4.95. The minimum atomic E-state index is 0.528. The molecule has 0 bridgehead atoms. The van der Waals surface area contributed by atoms with Crippen LogP contribution in [-0.4, -0.2) is 7.11 Å². The molecule has 0 aliphatic carbocycles. The molecule has 2 heteroatoms. The van der Waals surface area contributed by atoms with Crippen LogP contribution in [-0.2, 0) is 9.78 Å². The molecule has 0 amide bonds. The molecule has 0 aromatic rings. The lowest BCUT2D eigenvalue weighted by Gasteiger charge is -2.02. The average molecular weight is 130 g/mol. The molecule has 0 saturated heterocycles. The summed E-state index contributed by atoms with van der Waals surface area (Å²) >= 11 is 0. The van der Waals surface area contributed by atoms with Crippen LogP contribution in [0.15, 0.2) is 11.8 Å². The van der Waals surface area contributed by atoms with E-state index < -0.39 is 0 Å². The van der Waals surface area contributed by atoms with Gasteiger partial charge in [-0.25, -0.2) is 0 Å². The molecule has 0 aliphatic heterocycles. The van der Waals surface area contributed by atoms with Gasteiger partial charge in [0.1, 0.15) is 6.26 Å². The van der Waals surface area contributed by atoms with Crippen molar-refractivity contribution in [1.29, 1.82) is 0 Å². The zero-order valence-electron chi connectivity index (χ0n) is 6.47. The van der Waals surface area contributed by atoms with Gasteiger partial charge in [0, 0.05) is 0 Å². The van der Waals surface area contributed by atoms with Crippen molar-refractivity contribution in [2.45, 2.75) is 20.8 Å². The quantitative estimate of drug-likeness (QED) is 0.331. The molecule has 0 atom stereocenters. The number of rotatable bonds is 3. The zero-order valence-corrected chi connectivity index (χ0v) is 6.47. The third kappa shape index (κ3) is 4.03. The van der Waals surface area contributed by atoms with Crippen molar-refractivity contribution in [2.24, 2.45) is 5.92 Å². The summed E-state index contributed by atoms with van der Waals surface area (Å²) in [6.45, 7) is 6.21. The molecule has 54 valence electrons. The fourth-order valence-electron chi connectivity index (χ4n) is 0.260. The standard InChI is InChI=1S/C7H14O2/c1-6(2)7(3)5-9-8-4/h5-6H,1-4H3. The molecule has 0 aromatic carbocycles. The molecule has 0 unspecified atom stereocenters. The SMILES string of the molecule is COOC=C(C)C(C)C. The van der Waals surface area contributed by atoms with E-state index in [1.165, 1.54) is 12.7 Å². The van der Waals surface area contributed by atoms with Crippen LogP contribution in [0.1, 0.15) is 20.8 Å². The normalized spacial score (nSPS) is 12.3. The summed E-state index contributed by atoms with van der Waals surface area (Å²) in [5.41, 5.74) is 1.18. The molecule has 0 radical (unpaired) electrons. The minimum Gasteiger partial charge on any atom is -0.346 e. The maximum Gasteiger partial charge on any atom is 0.128 e. The van der Waals surface area contributed by atoms with Gasteiger partial charge in [0.25, 0.3) is 0 Å². The summed E-state index contributed by atoms with van der Waals surface area (Å²) in [7, 11) is 1.49. The molecule has 0 aromatic heterocycles. The first-order valence-electron chi connectivity index (χ1n) is 3.04. The Morgan fingerprint density at radius 1 is 1.44 bits per heavy atom. The predicted molar refractivity (Wildman–Crippen MR) is 36.7 cm³/mol. The first-order chi connectivity index (χ1) is 4.18. The Morgan fingerprint density at radius 3 is 2.33 bits per heavy atom. The number of hydrogen-bond donors (Lipinski definition) is 0. The van der Waals surface area contributed by atoms with Crippen LogP contribution in [0.4, 0.5) is 0 Å². The highest BCUT2D eigenvalue weighted by Gasteiger charge is 1.94. The maximum absolute atomic E-state index is 4.59. The summed E-state index contributed by atoms with van der Waals surface area (Å²) < 4.78 is 0. The van der Waals surface area contributed by atoms with E-state index in [0.29, 0.717) is 5.92 Å². The van der Waals surface area contributed by atoms with Gasteiger partial charge in [-0.15, -0.1) is 0 Å². The average Bonchev–Trinajstić information content (AvgIpc) is 1.82. The lowest BCUT2D eigenvalue weighted by molar-refractivity contribution is -0.223. The topological polar surface area (TPSA) is 18.5 Å². The van der Waals surface area contributed by atoms with Crippen LogP contribution in [0, 0.1) is 5.92 Å². The van der Waals surface area contributed by atoms with E-state index in [1.807, 2.05) is 6.92 Å². The summed E-state index contributed by atoms with van der Waals surface area (Å²) in [6.07, 6.45) is 1.62. The summed E-state index contributed by atoms with van der Waals surface area (Å²) in [4.78, 5) is 8.98. The Kier molecular flexibility index (Phi) is 4.14. The zero-order chi connectivity index (χ0) is 7.28. The van der Waals surface area contributed by atoms with Gasteiger partial charge in [0.2, 0.25) is 0 Å². The van der Waals surface area contributed by atoms with Gasteiger partial charge in [-0.1, -0.05) is 13.8 Å². The Morgan fingerprint density at radius 2 is 2.00 bits per heavy atom. The van der Waals surface area contributed by atoms with Crippen LogP contribution < -0.4 is 0 Å². The predicted octanol–water partition coefficient (Wildman–Crippen LogP) is 2.12. The van der Waals surface area contributed by atoms with E-state index in [4.69, 9.17) is 0 Å². The molecule has 0 heterocycles. The van der Waals surface area contributed by atoms with E-state index in [0.717, 1.165) is 0 Å². The third-order valence-electron chi connectivity index (χ3n) is 1.24. The van der Waals surface area contributed by atoms with Crippen molar-refractivity contribution >= 4 is 0 Å². The van der Waals surface area contributed by atoms with Gasteiger partial charge in [0.05, 0.1) is 7.11 Å². The molecular weight excluding hydrogens is 116 g/mol. The second-order valence-electron chi connectivity index (χ2n) is 2.28. The van der Waals surface area contributed by atoms with Gasteiger partial charge in [-0.3, -0.25) is 0 Å². The molecule has 2 nitrogen and oxygen atoms in total. The molecule has 0 spiro atoms. The van der Waals surface area contributed by atoms with Crippen LogP contribution in [0.5, 0.6) is 0 Å². The van der Waals surface area contributed by atoms with Gasteiger partial charge in [-0.05, 0) is 18.4 Å². The van der Waals surface area contributed by atoms with Gasteiger partial charge in [-0.2, -0.15) is 4.89 Å². The fourth-order valence-corrected chi connectivity index (χ4v) is 0.260. The van der Waals surface area contributed by atoms with Crippen molar-refractivity contribution < 1.29 is 9.78 Å². The second kappa shape index (κ2) is 4.39. The molecule has 0 saturated carbocycles. The lowest BCUT2D eigenvalue weighted by Crippen LogP contribution is -1.89. The van der Waals surface area contributed by atoms with Crippen LogP contribution in [0.2, 0.25) is 0 Å². The van der Waals surface area contributed by atoms with Gasteiger partial charge >= 0.3 is 0 Å². The highest BCUT2D eigenvalue weighted by Crippen LogP contribution is 2.06. The molecule has 9 heavy (non-hydrogen) atoms. The van der Waals surface area contributed by atoms with Gasteiger partial charge in [0.15, 0.2) is 0 Å². The largest absolute Gasteiger partial charge is 0.346 e. The van der Waals surface area contributed by atoms with E-state index in [9.17, 15) is 0 Å². The second-order valence-corrected chi connectivity index (χ2v) is 2.28. The summed E-state index contributed by atoms with van der Waals surface area (Å²) in [6, 6.07) is 0. The molecule has 0 aliphatic rings. The van der Waals surface area contributed by atoms with E-state index in [-0.39, 0.29) is 0 Å². The molecule has 0 rings (SSSR count). The van der Waals surface area contributed by atoms with E-state index in [1.54, 1.807) is 6.26 Å². The third-order valence-corrected chi connectivity index (χ3v) is 1.24. The van der Waals surface area contributed by atoms with Crippen molar-refractivity contribution in [3.8, 4) is 0 Å². The Labute approximate surface area is 56.4 Å². The van der Waals surface area contributed by atoms with Crippen molar-refractivity contribution in [2.75, 3.05) is 7.11 Å². The maximum atomic E-state index is 4.59. The Balaban J connectivity index is 3.55. The van der Waals surface area contributed by atoms with Crippen LogP contribution in [0.25, 0.3) is 0 Å². The first kappa shape index (κ1) is 8.50. The fraction of sp³-hybridized carbons (Fsp3) is 0.714. The lowest BCUT2D eigenvalue weighted by atomic mass is 10.1. The molecule has 0 N–H and O–H groups in total. The number of allylic oxidation sites excluding steroid dienone is 1. The van der Waals surface area contributed by atoms with Gasteiger partial charge < -0.3 is 4.89 Å². The molecule has 0 fully saturated rings. The van der Waals surface area contributed by atoms with Crippen LogP contribution >= 0.6 is 0 Å². The van der Waals surface area contributed by atoms with E-state index >= 15 is 0 Å². The highest BCUT2D eigenvalue weighted by atomic mass is 17.2. The van der Waals surface area contributed by atoms with Crippen molar-refractivity contribution in [3.05, 3.63) is 11.8 Å². The van der Waals surface area contributed by atoms with Crippen LogP contribution in [0.3, 0.4) is 0 Å². The Hall–Kier alpha value is -0.500. The van der Waals surface area contributed by atoms with Crippen molar-refractivity contribution in [1.82, 2.24) is 0 Å². The first-order valence-corrected chi connectivity index (χ1v) is 3.04. The van der Waals surface area contributed by atoms with E-state index in [2.05, 4.69) is 23.6 Å². The van der Waals surface area contributed by atoms with Crippen molar-refractivity contribution in [3.63, 3.8) is 0 Å². The summed E-state index contributed by atoms with van der Waals surface area (Å²) in [5, 5.41) is 0. The number of hydrogen-bond acceptors (Lipinski definition) is 2.